The largest absolute Gasteiger partial charge is 0.354 e. The average Bonchev–Trinajstić information content (AvgIpc) is 2.40. The lowest BCUT2D eigenvalue weighted by molar-refractivity contribution is -0.384. The van der Waals surface area contributed by atoms with Crippen LogP contribution in [-0.2, 0) is 0 Å². The molecule has 6 heteroatoms. The van der Waals surface area contributed by atoms with E-state index >= 15 is 0 Å². The van der Waals surface area contributed by atoms with Crippen molar-refractivity contribution in [3.8, 4) is 0 Å². The van der Waals surface area contributed by atoms with Gasteiger partial charge in [0.05, 0.1) is 4.92 Å². The van der Waals surface area contributed by atoms with E-state index in [0.29, 0.717) is 11.7 Å². The lowest BCUT2D eigenvalue weighted by atomic mass is 9.99. The molecule has 1 aromatic rings. The molecule has 18 heavy (non-hydrogen) atoms. The predicted molar refractivity (Wildman–Crippen MR) is 69.8 cm³/mol. The molecule has 2 heterocycles. The van der Waals surface area contributed by atoms with Crippen LogP contribution in [-0.4, -0.2) is 36.6 Å². The summed E-state index contributed by atoms with van der Waals surface area (Å²) in [7, 11) is 1.87. The average molecular weight is 250 g/mol. The highest BCUT2D eigenvalue weighted by atomic mass is 16.6. The van der Waals surface area contributed by atoms with E-state index in [0.717, 1.165) is 26.1 Å². The van der Waals surface area contributed by atoms with Crippen molar-refractivity contribution in [2.75, 3.05) is 31.6 Å². The van der Waals surface area contributed by atoms with E-state index in [4.69, 9.17) is 0 Å². The van der Waals surface area contributed by atoms with Crippen LogP contribution >= 0.6 is 0 Å². The van der Waals surface area contributed by atoms with Crippen molar-refractivity contribution in [2.45, 2.75) is 12.8 Å². The highest BCUT2D eigenvalue weighted by Gasteiger charge is 2.21. The van der Waals surface area contributed by atoms with Crippen molar-refractivity contribution in [1.29, 1.82) is 0 Å². The van der Waals surface area contributed by atoms with E-state index in [1.165, 1.54) is 12.5 Å². The molecular formula is C12H18N4O2. The highest BCUT2D eigenvalue weighted by molar-refractivity contribution is 5.56. The van der Waals surface area contributed by atoms with E-state index in [9.17, 15) is 10.1 Å². The third kappa shape index (κ3) is 2.95. The quantitative estimate of drug-likeness (QED) is 0.646. The van der Waals surface area contributed by atoms with Gasteiger partial charge in [0.25, 0.3) is 0 Å². The summed E-state index contributed by atoms with van der Waals surface area (Å²) in [6.45, 7) is 2.85. The molecule has 2 rings (SSSR count). The molecule has 1 saturated heterocycles. The van der Waals surface area contributed by atoms with E-state index in [1.54, 1.807) is 12.3 Å². The second-order valence-electron chi connectivity index (χ2n) is 4.70. The van der Waals surface area contributed by atoms with Crippen LogP contribution < -0.4 is 10.2 Å². The van der Waals surface area contributed by atoms with Gasteiger partial charge < -0.3 is 10.2 Å². The van der Waals surface area contributed by atoms with Crippen LogP contribution in [0.4, 0.5) is 11.5 Å². The van der Waals surface area contributed by atoms with Gasteiger partial charge in [-0.2, -0.15) is 0 Å². The Hall–Kier alpha value is -1.69. The van der Waals surface area contributed by atoms with Crippen LogP contribution in [0.3, 0.4) is 0 Å². The van der Waals surface area contributed by atoms with Gasteiger partial charge in [-0.3, -0.25) is 10.1 Å². The van der Waals surface area contributed by atoms with Crippen molar-refractivity contribution < 1.29 is 4.92 Å². The molecule has 1 atom stereocenters. The minimum atomic E-state index is -0.377. The van der Waals surface area contributed by atoms with Gasteiger partial charge in [0.15, 0.2) is 0 Å². The van der Waals surface area contributed by atoms with Crippen molar-refractivity contribution in [3.05, 3.63) is 28.4 Å². The minimum Gasteiger partial charge on any atom is -0.354 e. The number of nitro groups is 1. The second kappa shape index (κ2) is 5.77. The topological polar surface area (TPSA) is 71.3 Å². The van der Waals surface area contributed by atoms with Crippen LogP contribution in [0.1, 0.15) is 12.8 Å². The van der Waals surface area contributed by atoms with E-state index in [1.807, 2.05) is 11.9 Å². The number of nitrogens with one attached hydrogen (secondary N) is 1. The molecule has 1 aromatic heterocycles. The number of hydrogen-bond donors (Lipinski definition) is 1. The van der Waals surface area contributed by atoms with Crippen molar-refractivity contribution >= 4 is 11.5 Å². The first kappa shape index (κ1) is 12.8. The van der Waals surface area contributed by atoms with Crippen molar-refractivity contribution in [1.82, 2.24) is 10.3 Å². The molecule has 0 bridgehead atoms. The molecular weight excluding hydrogens is 232 g/mol. The maximum Gasteiger partial charge on any atom is 0.311 e. The summed E-state index contributed by atoms with van der Waals surface area (Å²) in [5, 5.41) is 14.3. The molecule has 1 N–H and O–H groups in total. The van der Waals surface area contributed by atoms with Crippen molar-refractivity contribution in [3.63, 3.8) is 0 Å². The highest BCUT2D eigenvalue weighted by Crippen LogP contribution is 2.25. The molecule has 0 aliphatic carbocycles. The molecule has 0 aromatic carbocycles. The maximum absolute atomic E-state index is 10.9. The number of anilines is 1. The summed E-state index contributed by atoms with van der Waals surface area (Å²) in [6.07, 6.45) is 3.93. The van der Waals surface area contributed by atoms with E-state index in [-0.39, 0.29) is 10.6 Å². The number of aromatic nitrogens is 1. The maximum atomic E-state index is 10.9. The molecule has 1 aliphatic heterocycles. The first-order chi connectivity index (χ1) is 8.68. The Morgan fingerprint density at radius 3 is 3.17 bits per heavy atom. The Kier molecular flexibility index (Phi) is 4.09. The second-order valence-corrected chi connectivity index (χ2v) is 4.70. The van der Waals surface area contributed by atoms with Gasteiger partial charge in [-0.1, -0.05) is 0 Å². The zero-order valence-electron chi connectivity index (χ0n) is 10.5. The molecule has 0 unspecified atom stereocenters. The number of hydrogen-bond acceptors (Lipinski definition) is 5. The molecule has 1 fully saturated rings. The molecule has 0 radical (unpaired) electrons. The predicted octanol–water partition coefficient (Wildman–Crippen LogP) is 1.43. The molecule has 6 nitrogen and oxygen atoms in total. The lowest BCUT2D eigenvalue weighted by Gasteiger charge is -2.27. The first-order valence-corrected chi connectivity index (χ1v) is 6.19. The first-order valence-electron chi connectivity index (χ1n) is 6.19. The Balaban J connectivity index is 2.08. The standard InChI is InChI=1S/C12H18N4O2/c1-15(9-10-4-2-6-13-8-10)12-11(16(17)18)5-3-7-14-12/h3,5,7,10,13H,2,4,6,8-9H2,1H3/t10-/m1/s1. The normalized spacial score (nSPS) is 19.5. The molecule has 0 saturated carbocycles. The third-order valence-electron chi connectivity index (χ3n) is 3.26. The van der Waals surface area contributed by atoms with E-state index < -0.39 is 0 Å². The number of pyridine rings is 1. The number of nitrogens with zero attached hydrogens (tertiary/aromatic N) is 3. The summed E-state index contributed by atoms with van der Waals surface area (Å²) in [5.41, 5.74) is 0.0729. The third-order valence-corrected chi connectivity index (χ3v) is 3.26. The Bertz CT molecular complexity index is 418. The fraction of sp³-hybridized carbons (Fsp3) is 0.583. The van der Waals surface area contributed by atoms with E-state index in [2.05, 4.69) is 10.3 Å². The van der Waals surface area contributed by atoms with Crippen LogP contribution in [0.15, 0.2) is 18.3 Å². The smallest absolute Gasteiger partial charge is 0.311 e. The number of rotatable bonds is 4. The van der Waals surface area contributed by atoms with Gasteiger partial charge in [0, 0.05) is 25.9 Å². The fourth-order valence-corrected chi connectivity index (χ4v) is 2.38. The Morgan fingerprint density at radius 2 is 2.50 bits per heavy atom. The van der Waals surface area contributed by atoms with Crippen LogP contribution in [0.2, 0.25) is 0 Å². The zero-order valence-corrected chi connectivity index (χ0v) is 10.5. The van der Waals surface area contributed by atoms with Crippen LogP contribution in [0, 0.1) is 16.0 Å². The van der Waals surface area contributed by atoms with Gasteiger partial charge >= 0.3 is 5.69 Å². The Morgan fingerprint density at radius 1 is 1.67 bits per heavy atom. The summed E-state index contributed by atoms with van der Waals surface area (Å²) in [5.74, 6) is 0.985. The Labute approximate surface area is 106 Å². The van der Waals surface area contributed by atoms with Gasteiger partial charge in [-0.05, 0) is 37.9 Å². The fourth-order valence-electron chi connectivity index (χ4n) is 2.38. The molecule has 1 aliphatic rings. The van der Waals surface area contributed by atoms with Gasteiger partial charge in [-0.15, -0.1) is 0 Å². The van der Waals surface area contributed by atoms with Gasteiger partial charge in [0.2, 0.25) is 5.82 Å². The summed E-state index contributed by atoms with van der Waals surface area (Å²) >= 11 is 0. The van der Waals surface area contributed by atoms with Crippen LogP contribution in [0.25, 0.3) is 0 Å². The van der Waals surface area contributed by atoms with Crippen molar-refractivity contribution in [2.24, 2.45) is 5.92 Å². The number of piperidine rings is 1. The lowest BCUT2D eigenvalue weighted by Crippen LogP contribution is -2.37. The molecule has 0 spiro atoms. The zero-order chi connectivity index (χ0) is 13.0. The molecule has 98 valence electrons. The summed E-state index contributed by atoms with van der Waals surface area (Å²) in [6, 6.07) is 3.09. The SMILES string of the molecule is CN(C[C@@H]1CCCNC1)c1ncccc1[N+](=O)[O-]. The summed E-state index contributed by atoms with van der Waals surface area (Å²) < 4.78 is 0. The summed E-state index contributed by atoms with van der Waals surface area (Å²) in [4.78, 5) is 16.6. The minimum absolute atomic E-state index is 0.0729. The van der Waals surface area contributed by atoms with Gasteiger partial charge in [-0.25, -0.2) is 4.98 Å². The monoisotopic (exact) mass is 250 g/mol. The molecule has 0 amide bonds. The van der Waals surface area contributed by atoms with Gasteiger partial charge in [0.1, 0.15) is 0 Å². The van der Waals surface area contributed by atoms with Crippen LogP contribution in [0.5, 0.6) is 0 Å².